The Hall–Kier alpha value is -6.02. The van der Waals surface area contributed by atoms with Gasteiger partial charge in [0.1, 0.15) is 0 Å². The molecule has 0 bridgehead atoms. The highest BCUT2D eigenvalue weighted by atomic mass is 32.1. The zero-order valence-corrected chi connectivity index (χ0v) is 29.9. The van der Waals surface area contributed by atoms with Crippen molar-refractivity contribution in [3.63, 3.8) is 0 Å². The molecule has 0 nitrogen and oxygen atoms in total. The molecule has 0 fully saturated rings. The van der Waals surface area contributed by atoms with Crippen molar-refractivity contribution in [1.29, 1.82) is 0 Å². The van der Waals surface area contributed by atoms with E-state index in [1.165, 1.54) is 108 Å². The number of hydrogen-bond acceptors (Lipinski definition) is 1. The molecule has 1 aliphatic rings. The number of rotatable bonds is 3. The summed E-state index contributed by atoms with van der Waals surface area (Å²) in [6.07, 6.45) is 0. The van der Waals surface area contributed by atoms with E-state index in [0.29, 0.717) is 0 Å². The Morgan fingerprint density at radius 1 is 0.365 bits per heavy atom. The van der Waals surface area contributed by atoms with Gasteiger partial charge in [-0.15, -0.1) is 11.3 Å². The minimum absolute atomic E-state index is 0.131. The average molecular weight is 679 g/mol. The second kappa shape index (κ2) is 11.0. The highest BCUT2D eigenvalue weighted by Crippen LogP contribution is 2.57. The van der Waals surface area contributed by atoms with E-state index in [0.717, 1.165) is 0 Å². The highest BCUT2D eigenvalue weighted by Gasteiger charge is 2.39. The van der Waals surface area contributed by atoms with Crippen molar-refractivity contribution < 1.29 is 0 Å². The molecule has 1 aliphatic carbocycles. The molecule has 0 atom stereocenters. The first-order chi connectivity index (χ1) is 25.6. The van der Waals surface area contributed by atoms with Gasteiger partial charge < -0.3 is 0 Å². The molecule has 0 radical (unpaired) electrons. The zero-order valence-electron chi connectivity index (χ0n) is 29.1. The Balaban J connectivity index is 1.23. The molecule has 10 aromatic rings. The second-order valence-electron chi connectivity index (χ2n) is 14.8. The topological polar surface area (TPSA) is 0 Å². The Labute approximate surface area is 307 Å². The van der Waals surface area contributed by atoms with Crippen LogP contribution in [0, 0.1) is 0 Å². The normalized spacial score (nSPS) is 13.3. The fraction of sp³-hybridized carbons (Fsp3) is 0.0588. The lowest BCUT2D eigenvalue weighted by atomic mass is 9.81. The lowest BCUT2D eigenvalue weighted by molar-refractivity contribution is 0.667. The standard InChI is InChI=1S/C51H34S/c1-51(2)44-26-13-12-25-41(44)47-42(30-43-40-28-27-31-15-6-7-20-35(31)49(40)52-50(43)48(47)51)33-18-14-19-34(29-33)46-38-23-10-8-21-36(38)45(32-16-4-3-5-17-32)37-22-9-11-24-39(37)46/h3-30H,1-2H3. The van der Waals surface area contributed by atoms with Crippen molar-refractivity contribution in [2.45, 2.75) is 19.3 Å². The van der Waals surface area contributed by atoms with Crippen LogP contribution >= 0.6 is 11.3 Å². The fourth-order valence-electron chi connectivity index (χ4n) is 9.32. The third-order valence-corrected chi connectivity index (χ3v) is 12.9. The minimum atomic E-state index is -0.131. The number of thiophene rings is 1. The molecule has 244 valence electrons. The minimum Gasteiger partial charge on any atom is -0.134 e. The maximum absolute atomic E-state index is 2.51. The first-order valence-electron chi connectivity index (χ1n) is 18.2. The van der Waals surface area contributed by atoms with E-state index in [1.54, 1.807) is 0 Å². The first-order valence-corrected chi connectivity index (χ1v) is 19.0. The molecule has 0 amide bonds. The second-order valence-corrected chi connectivity index (χ2v) is 15.8. The van der Waals surface area contributed by atoms with Gasteiger partial charge in [-0.3, -0.25) is 0 Å². The summed E-state index contributed by atoms with van der Waals surface area (Å²) in [6.45, 7) is 4.85. The Morgan fingerprint density at radius 3 is 1.67 bits per heavy atom. The van der Waals surface area contributed by atoms with Gasteiger partial charge in [0.05, 0.1) is 0 Å². The van der Waals surface area contributed by atoms with Crippen LogP contribution in [0.1, 0.15) is 25.0 Å². The molecule has 52 heavy (non-hydrogen) atoms. The van der Waals surface area contributed by atoms with Crippen molar-refractivity contribution in [2.24, 2.45) is 0 Å². The van der Waals surface area contributed by atoms with E-state index in [4.69, 9.17) is 0 Å². The van der Waals surface area contributed by atoms with Crippen molar-refractivity contribution >= 4 is 63.8 Å². The van der Waals surface area contributed by atoms with Gasteiger partial charge in [0, 0.05) is 25.6 Å². The zero-order chi connectivity index (χ0) is 34.6. The molecule has 1 aromatic heterocycles. The number of benzene rings is 9. The van der Waals surface area contributed by atoms with E-state index in [1.807, 2.05) is 11.3 Å². The van der Waals surface area contributed by atoms with Gasteiger partial charge in [-0.05, 0) is 100 Å². The van der Waals surface area contributed by atoms with Crippen molar-refractivity contribution in [2.75, 3.05) is 0 Å². The van der Waals surface area contributed by atoms with Gasteiger partial charge >= 0.3 is 0 Å². The summed E-state index contributed by atoms with van der Waals surface area (Å²) in [4.78, 5) is 0. The lowest BCUT2D eigenvalue weighted by Gasteiger charge is -2.23. The Kier molecular flexibility index (Phi) is 6.27. The van der Waals surface area contributed by atoms with Crippen LogP contribution in [-0.2, 0) is 5.41 Å². The molecule has 0 unspecified atom stereocenters. The number of fused-ring (bicyclic) bond motifs is 11. The predicted molar refractivity (Wildman–Crippen MR) is 226 cm³/mol. The predicted octanol–water partition coefficient (Wildman–Crippen LogP) is 14.8. The molecule has 0 N–H and O–H groups in total. The van der Waals surface area contributed by atoms with Gasteiger partial charge in [-0.1, -0.05) is 172 Å². The van der Waals surface area contributed by atoms with Crippen LogP contribution in [0.25, 0.3) is 97.0 Å². The quantitative estimate of drug-likeness (QED) is 0.163. The summed E-state index contributed by atoms with van der Waals surface area (Å²) >= 11 is 1.98. The van der Waals surface area contributed by atoms with E-state index in [9.17, 15) is 0 Å². The highest BCUT2D eigenvalue weighted by molar-refractivity contribution is 7.27. The maximum atomic E-state index is 2.51. The largest absolute Gasteiger partial charge is 0.134 e. The molecule has 0 aliphatic heterocycles. The van der Waals surface area contributed by atoms with Crippen LogP contribution < -0.4 is 0 Å². The lowest BCUT2D eigenvalue weighted by Crippen LogP contribution is -2.15. The van der Waals surface area contributed by atoms with Crippen LogP contribution in [0.4, 0.5) is 0 Å². The van der Waals surface area contributed by atoms with Gasteiger partial charge in [0.15, 0.2) is 0 Å². The molecule has 11 rings (SSSR count). The van der Waals surface area contributed by atoms with Gasteiger partial charge in [-0.25, -0.2) is 0 Å². The third kappa shape index (κ3) is 4.09. The smallest absolute Gasteiger partial charge is 0.0433 e. The van der Waals surface area contributed by atoms with Gasteiger partial charge in [0.25, 0.3) is 0 Å². The van der Waals surface area contributed by atoms with E-state index in [-0.39, 0.29) is 5.41 Å². The molecule has 0 saturated heterocycles. The summed E-state index contributed by atoms with van der Waals surface area (Å²) < 4.78 is 2.79. The van der Waals surface area contributed by atoms with Crippen LogP contribution in [0.5, 0.6) is 0 Å². The molecule has 0 spiro atoms. The average Bonchev–Trinajstić information content (AvgIpc) is 3.69. The SMILES string of the molecule is CC1(C)c2ccccc2-c2c(-c3cccc(-c4c5ccccc5c(-c5ccccc5)c5ccccc45)c3)cc3c(sc4c5ccccc5ccc34)c21. The first kappa shape index (κ1) is 29.7. The fourth-order valence-corrected chi connectivity index (χ4v) is 10.8. The van der Waals surface area contributed by atoms with Crippen LogP contribution in [0.2, 0.25) is 0 Å². The summed E-state index contributed by atoms with van der Waals surface area (Å²) in [7, 11) is 0. The van der Waals surface area contributed by atoms with Gasteiger partial charge in [0.2, 0.25) is 0 Å². The molecular weight excluding hydrogens is 645 g/mol. The molecule has 0 saturated carbocycles. The van der Waals surface area contributed by atoms with Crippen molar-refractivity contribution in [3.8, 4) is 44.5 Å². The van der Waals surface area contributed by atoms with E-state index >= 15 is 0 Å². The van der Waals surface area contributed by atoms with E-state index < -0.39 is 0 Å². The summed E-state index contributed by atoms with van der Waals surface area (Å²) in [5.74, 6) is 0. The summed E-state index contributed by atoms with van der Waals surface area (Å²) in [5, 5.41) is 10.5. The monoisotopic (exact) mass is 678 g/mol. The Bertz CT molecular complexity index is 3030. The molecule has 1 heterocycles. The van der Waals surface area contributed by atoms with Crippen LogP contribution in [-0.4, -0.2) is 0 Å². The summed E-state index contributed by atoms with van der Waals surface area (Å²) in [5.41, 5.74) is 13.1. The maximum Gasteiger partial charge on any atom is 0.0433 e. The number of hydrogen-bond donors (Lipinski definition) is 0. The van der Waals surface area contributed by atoms with E-state index in [2.05, 4.69) is 184 Å². The van der Waals surface area contributed by atoms with Crippen LogP contribution in [0.15, 0.2) is 170 Å². The molecule has 9 aromatic carbocycles. The van der Waals surface area contributed by atoms with Crippen molar-refractivity contribution in [3.05, 3.63) is 181 Å². The third-order valence-electron chi connectivity index (χ3n) is 11.6. The van der Waals surface area contributed by atoms with Crippen LogP contribution in [0.3, 0.4) is 0 Å². The summed E-state index contributed by atoms with van der Waals surface area (Å²) in [6, 6.07) is 63.2. The molecular formula is C51H34S. The van der Waals surface area contributed by atoms with Crippen molar-refractivity contribution in [1.82, 2.24) is 0 Å². The molecule has 1 heteroatoms. The Morgan fingerprint density at radius 2 is 0.942 bits per heavy atom. The van der Waals surface area contributed by atoms with Gasteiger partial charge in [-0.2, -0.15) is 0 Å².